The summed E-state index contributed by atoms with van der Waals surface area (Å²) in [6.07, 6.45) is -0.730. The van der Waals surface area contributed by atoms with Gasteiger partial charge in [-0.05, 0) is 60.2 Å². The number of carbonyl (C=O) groups is 1. The number of hydrogen-bond donors (Lipinski definition) is 2. The number of amides is 1. The summed E-state index contributed by atoms with van der Waals surface area (Å²) in [6.45, 7) is -0.482. The van der Waals surface area contributed by atoms with Crippen molar-refractivity contribution in [3.63, 3.8) is 0 Å². The number of halogens is 2. The van der Waals surface area contributed by atoms with Crippen molar-refractivity contribution in [2.75, 3.05) is 22.8 Å². The fraction of sp³-hybridized carbons (Fsp3) is 0.174. The van der Waals surface area contributed by atoms with Gasteiger partial charge < -0.3 is 15.2 Å². The molecule has 3 aromatic carbocycles. The molecule has 1 atom stereocenters. The molecule has 7 nitrogen and oxygen atoms in total. The number of aliphatic hydroxyl groups is 1. The zero-order valence-corrected chi connectivity index (χ0v) is 18.8. The molecule has 33 heavy (non-hydrogen) atoms. The molecule has 0 saturated carbocycles. The van der Waals surface area contributed by atoms with E-state index in [2.05, 4.69) is 5.32 Å². The van der Waals surface area contributed by atoms with Crippen molar-refractivity contribution < 1.29 is 27.4 Å². The van der Waals surface area contributed by atoms with Crippen molar-refractivity contribution in [1.29, 1.82) is 0 Å². The fourth-order valence-electron chi connectivity index (χ4n) is 3.44. The molecule has 0 spiro atoms. The monoisotopic (exact) mass is 490 g/mol. The minimum absolute atomic E-state index is 0.0211. The van der Waals surface area contributed by atoms with Crippen molar-refractivity contribution in [2.45, 2.75) is 17.4 Å². The molecule has 0 saturated heterocycles. The van der Waals surface area contributed by atoms with Crippen LogP contribution in [0.4, 0.5) is 15.8 Å². The Labute approximate surface area is 195 Å². The summed E-state index contributed by atoms with van der Waals surface area (Å²) in [7, 11) is -4.00. The summed E-state index contributed by atoms with van der Waals surface area (Å²) in [6, 6.07) is 15.9. The number of sulfonamides is 1. The molecule has 0 aliphatic carbocycles. The number of fused-ring (bicyclic) bond motifs is 1. The van der Waals surface area contributed by atoms with Crippen LogP contribution < -0.4 is 14.4 Å². The van der Waals surface area contributed by atoms with Gasteiger partial charge >= 0.3 is 0 Å². The SMILES string of the molecule is O=C(Cc1ccc(F)cc1)Nc1ccc2c(c1)N(S(=O)(=O)c1ccc(Cl)cc1)C[C@@H](CO)O2. The summed E-state index contributed by atoms with van der Waals surface area (Å²) >= 11 is 5.89. The van der Waals surface area contributed by atoms with Crippen LogP contribution in [0, 0.1) is 5.82 Å². The van der Waals surface area contributed by atoms with E-state index in [4.69, 9.17) is 16.3 Å². The Balaban J connectivity index is 1.62. The normalized spacial score (nSPS) is 15.5. The molecule has 1 aliphatic heterocycles. The van der Waals surface area contributed by atoms with Gasteiger partial charge in [0.15, 0.2) is 0 Å². The lowest BCUT2D eigenvalue weighted by Gasteiger charge is -2.35. The van der Waals surface area contributed by atoms with Gasteiger partial charge in [-0.25, -0.2) is 12.8 Å². The van der Waals surface area contributed by atoms with Crippen molar-refractivity contribution >= 4 is 38.9 Å². The fourth-order valence-corrected chi connectivity index (χ4v) is 5.06. The van der Waals surface area contributed by atoms with Crippen LogP contribution in [0.1, 0.15) is 5.56 Å². The maximum atomic E-state index is 13.4. The smallest absolute Gasteiger partial charge is 0.264 e. The molecule has 172 valence electrons. The summed E-state index contributed by atoms with van der Waals surface area (Å²) in [5.74, 6) is -0.481. The van der Waals surface area contributed by atoms with Crippen LogP contribution in [0.15, 0.2) is 71.6 Å². The first-order valence-electron chi connectivity index (χ1n) is 10.0. The quantitative estimate of drug-likeness (QED) is 0.550. The maximum Gasteiger partial charge on any atom is 0.264 e. The second kappa shape index (κ2) is 9.38. The lowest BCUT2D eigenvalue weighted by molar-refractivity contribution is -0.115. The van der Waals surface area contributed by atoms with E-state index >= 15 is 0 Å². The van der Waals surface area contributed by atoms with E-state index < -0.39 is 21.9 Å². The summed E-state index contributed by atoms with van der Waals surface area (Å²) in [5.41, 5.74) is 1.23. The number of anilines is 2. The van der Waals surface area contributed by atoms with E-state index in [9.17, 15) is 22.7 Å². The first-order chi connectivity index (χ1) is 15.8. The zero-order valence-electron chi connectivity index (χ0n) is 17.2. The molecule has 0 bridgehead atoms. The third-order valence-corrected chi connectivity index (χ3v) is 7.10. The van der Waals surface area contributed by atoms with Crippen LogP contribution >= 0.6 is 11.6 Å². The molecule has 2 N–H and O–H groups in total. The highest BCUT2D eigenvalue weighted by atomic mass is 35.5. The van der Waals surface area contributed by atoms with Crippen molar-refractivity contribution in [3.05, 3.63) is 83.1 Å². The van der Waals surface area contributed by atoms with Crippen LogP contribution in [0.5, 0.6) is 5.75 Å². The van der Waals surface area contributed by atoms with Crippen LogP contribution in [-0.2, 0) is 21.2 Å². The summed E-state index contributed by atoms with van der Waals surface area (Å²) < 4.78 is 46.6. The van der Waals surface area contributed by atoms with Gasteiger partial charge in [-0.2, -0.15) is 0 Å². The van der Waals surface area contributed by atoms with Gasteiger partial charge in [0.1, 0.15) is 17.7 Å². The number of nitrogens with zero attached hydrogens (tertiary/aromatic N) is 1. The molecular formula is C23H20ClFN2O5S. The lowest BCUT2D eigenvalue weighted by atomic mass is 10.1. The molecular weight excluding hydrogens is 471 g/mol. The number of aliphatic hydroxyl groups excluding tert-OH is 1. The molecule has 1 aliphatic rings. The topological polar surface area (TPSA) is 95.9 Å². The zero-order chi connectivity index (χ0) is 23.6. The number of ether oxygens (including phenoxy) is 1. The third-order valence-electron chi connectivity index (χ3n) is 5.06. The molecule has 0 unspecified atom stereocenters. The molecule has 3 aromatic rings. The number of nitrogens with one attached hydrogen (secondary N) is 1. The first kappa shape index (κ1) is 23.0. The predicted octanol–water partition coefficient (Wildman–Crippen LogP) is 3.61. The Morgan fingerprint density at radius 3 is 2.48 bits per heavy atom. The largest absolute Gasteiger partial charge is 0.484 e. The molecule has 1 heterocycles. The second-order valence-electron chi connectivity index (χ2n) is 7.45. The summed E-state index contributed by atoms with van der Waals surface area (Å²) in [4.78, 5) is 12.5. The predicted molar refractivity (Wildman–Crippen MR) is 123 cm³/mol. The third kappa shape index (κ3) is 5.11. The maximum absolute atomic E-state index is 13.4. The van der Waals surface area contributed by atoms with Gasteiger partial charge in [0.2, 0.25) is 5.91 Å². The van der Waals surface area contributed by atoms with Crippen LogP contribution in [0.3, 0.4) is 0 Å². The van der Waals surface area contributed by atoms with Crippen molar-refractivity contribution in [2.24, 2.45) is 0 Å². The molecule has 0 radical (unpaired) electrons. The van der Waals surface area contributed by atoms with E-state index in [1.165, 1.54) is 60.7 Å². The highest BCUT2D eigenvalue weighted by molar-refractivity contribution is 7.92. The van der Waals surface area contributed by atoms with Gasteiger partial charge in [-0.1, -0.05) is 23.7 Å². The molecule has 0 aromatic heterocycles. The average molecular weight is 491 g/mol. The number of rotatable bonds is 6. The van der Waals surface area contributed by atoms with E-state index in [1.54, 1.807) is 6.07 Å². The Hall–Kier alpha value is -3.14. The lowest BCUT2D eigenvalue weighted by Crippen LogP contribution is -2.45. The van der Waals surface area contributed by atoms with E-state index in [0.29, 0.717) is 16.3 Å². The van der Waals surface area contributed by atoms with Crippen LogP contribution in [0.25, 0.3) is 0 Å². The molecule has 1 amide bonds. The van der Waals surface area contributed by atoms with Gasteiger partial charge in [-0.3, -0.25) is 9.10 Å². The van der Waals surface area contributed by atoms with Crippen molar-refractivity contribution in [1.82, 2.24) is 0 Å². The van der Waals surface area contributed by atoms with E-state index in [1.807, 2.05) is 0 Å². The number of hydrogen-bond acceptors (Lipinski definition) is 5. The number of benzene rings is 3. The molecule has 4 rings (SSSR count). The minimum atomic E-state index is -4.00. The standard InChI is InChI=1S/C23H20ClFN2O5S/c24-16-3-8-20(9-4-16)33(30,31)27-13-19(14-28)32-22-10-7-18(12-21(22)27)26-23(29)11-15-1-5-17(25)6-2-15/h1-10,12,19,28H,11,13-14H2,(H,26,29)/t19-/m0/s1. The second-order valence-corrected chi connectivity index (χ2v) is 9.75. The highest BCUT2D eigenvalue weighted by Gasteiger charge is 2.34. The highest BCUT2D eigenvalue weighted by Crippen LogP contribution is 2.39. The van der Waals surface area contributed by atoms with Gasteiger partial charge in [0.05, 0.1) is 30.2 Å². The Kier molecular flexibility index (Phi) is 6.55. The van der Waals surface area contributed by atoms with Gasteiger partial charge in [0.25, 0.3) is 10.0 Å². The number of carbonyl (C=O) groups excluding carboxylic acids is 1. The van der Waals surface area contributed by atoms with Crippen LogP contribution in [0.2, 0.25) is 5.02 Å². The summed E-state index contributed by atoms with van der Waals surface area (Å²) in [5, 5.41) is 12.7. The van der Waals surface area contributed by atoms with E-state index in [0.717, 1.165) is 4.31 Å². The van der Waals surface area contributed by atoms with Gasteiger partial charge in [-0.15, -0.1) is 0 Å². The molecule has 10 heteroatoms. The Bertz CT molecular complexity index is 1270. The minimum Gasteiger partial charge on any atom is -0.484 e. The molecule has 0 fully saturated rings. The van der Waals surface area contributed by atoms with Gasteiger partial charge in [0, 0.05) is 10.7 Å². The Morgan fingerprint density at radius 1 is 1.12 bits per heavy atom. The first-order valence-corrected chi connectivity index (χ1v) is 11.8. The van der Waals surface area contributed by atoms with Crippen molar-refractivity contribution in [3.8, 4) is 5.75 Å². The Morgan fingerprint density at radius 2 is 1.82 bits per heavy atom. The van der Waals surface area contributed by atoms with Crippen LogP contribution in [-0.4, -0.2) is 38.7 Å². The van der Waals surface area contributed by atoms with E-state index in [-0.39, 0.29) is 41.8 Å². The average Bonchev–Trinajstić information content (AvgIpc) is 2.80.